The lowest BCUT2D eigenvalue weighted by Gasteiger charge is -2.17. The SMILES string of the molecule is C/C(C/C(C)=C/C(=N)C#N)=C(\C)c1ccc(C)cc1C(C)C. The van der Waals surface area contributed by atoms with E-state index in [1.807, 2.05) is 13.0 Å². The minimum Gasteiger partial charge on any atom is -0.290 e. The average Bonchev–Trinajstić information content (AvgIpc) is 2.45. The molecule has 0 spiro atoms. The molecule has 116 valence electrons. The van der Waals surface area contributed by atoms with E-state index < -0.39 is 0 Å². The Labute approximate surface area is 134 Å². The molecule has 0 unspecified atom stereocenters. The van der Waals surface area contributed by atoms with Crippen molar-refractivity contribution >= 4 is 11.3 Å². The van der Waals surface area contributed by atoms with Crippen LogP contribution in [0.25, 0.3) is 5.57 Å². The van der Waals surface area contributed by atoms with Crippen LogP contribution in [0.15, 0.2) is 35.4 Å². The third-order valence-corrected chi connectivity index (χ3v) is 3.93. The van der Waals surface area contributed by atoms with E-state index in [4.69, 9.17) is 10.7 Å². The van der Waals surface area contributed by atoms with Gasteiger partial charge in [0.05, 0.1) is 0 Å². The Kier molecular flexibility index (Phi) is 6.31. The number of benzene rings is 1. The molecule has 1 rings (SSSR count). The maximum Gasteiger partial charge on any atom is 0.132 e. The second-order valence-corrected chi connectivity index (χ2v) is 6.34. The van der Waals surface area contributed by atoms with Crippen molar-refractivity contribution in [1.29, 1.82) is 10.7 Å². The summed E-state index contributed by atoms with van der Waals surface area (Å²) in [4.78, 5) is 0. The van der Waals surface area contributed by atoms with Gasteiger partial charge < -0.3 is 0 Å². The Bertz CT molecular complexity index is 667. The summed E-state index contributed by atoms with van der Waals surface area (Å²) in [5.74, 6) is 0.487. The van der Waals surface area contributed by atoms with E-state index in [9.17, 15) is 0 Å². The van der Waals surface area contributed by atoms with Crippen LogP contribution in [-0.2, 0) is 0 Å². The number of nitrogens with one attached hydrogen (secondary N) is 1. The molecule has 0 amide bonds. The highest BCUT2D eigenvalue weighted by Gasteiger charge is 2.10. The van der Waals surface area contributed by atoms with Gasteiger partial charge in [0, 0.05) is 0 Å². The molecule has 0 aromatic heterocycles. The van der Waals surface area contributed by atoms with E-state index in [2.05, 4.69) is 52.8 Å². The van der Waals surface area contributed by atoms with Crippen LogP contribution in [0.3, 0.4) is 0 Å². The van der Waals surface area contributed by atoms with Gasteiger partial charge in [-0.1, -0.05) is 48.8 Å². The molecule has 0 heterocycles. The van der Waals surface area contributed by atoms with Crippen molar-refractivity contribution in [2.45, 2.75) is 53.9 Å². The standard InChI is InChI=1S/C20H26N2/c1-13(2)20-11-14(3)7-8-19(20)17(6)16(5)9-15(4)10-18(22)12-21/h7-8,10-11,13,22H,9H2,1-6H3/b15-10+,17-16-,22-18?. The van der Waals surface area contributed by atoms with Gasteiger partial charge in [-0.2, -0.15) is 5.26 Å². The summed E-state index contributed by atoms with van der Waals surface area (Å²) in [6.07, 6.45) is 2.44. The number of nitrogens with zero attached hydrogens (tertiary/aromatic N) is 1. The summed E-state index contributed by atoms with van der Waals surface area (Å²) in [7, 11) is 0. The fourth-order valence-electron chi connectivity index (χ4n) is 2.61. The molecule has 2 heteroatoms. The minimum absolute atomic E-state index is 0.0150. The van der Waals surface area contributed by atoms with Gasteiger partial charge in [-0.05, 0) is 62.8 Å². The predicted octanol–water partition coefficient (Wildman–Crippen LogP) is 5.79. The van der Waals surface area contributed by atoms with E-state index in [0.29, 0.717) is 5.92 Å². The lowest BCUT2D eigenvalue weighted by Crippen LogP contribution is -1.98. The lowest BCUT2D eigenvalue weighted by molar-refractivity contribution is 0.860. The van der Waals surface area contributed by atoms with Crippen LogP contribution >= 0.6 is 0 Å². The van der Waals surface area contributed by atoms with E-state index in [1.54, 1.807) is 6.08 Å². The Balaban J connectivity index is 3.18. The number of hydrogen-bond acceptors (Lipinski definition) is 2. The Morgan fingerprint density at radius 2 is 1.91 bits per heavy atom. The number of rotatable bonds is 5. The summed E-state index contributed by atoms with van der Waals surface area (Å²) in [5, 5.41) is 16.1. The first kappa shape index (κ1) is 17.9. The molecule has 0 saturated carbocycles. The van der Waals surface area contributed by atoms with Crippen molar-refractivity contribution in [3.8, 4) is 6.07 Å². The Morgan fingerprint density at radius 3 is 2.45 bits per heavy atom. The summed E-state index contributed by atoms with van der Waals surface area (Å²) >= 11 is 0. The van der Waals surface area contributed by atoms with Gasteiger partial charge in [-0.3, -0.25) is 5.41 Å². The van der Waals surface area contributed by atoms with Crippen LogP contribution < -0.4 is 0 Å². The quantitative estimate of drug-likeness (QED) is 0.686. The van der Waals surface area contributed by atoms with Crippen LogP contribution in [0.1, 0.15) is 63.6 Å². The molecule has 0 radical (unpaired) electrons. The van der Waals surface area contributed by atoms with Crippen LogP contribution in [0, 0.1) is 23.7 Å². The fourth-order valence-corrected chi connectivity index (χ4v) is 2.61. The molecular formula is C20H26N2. The zero-order chi connectivity index (χ0) is 16.9. The van der Waals surface area contributed by atoms with Gasteiger partial charge in [0.15, 0.2) is 0 Å². The predicted molar refractivity (Wildman–Crippen MR) is 95.2 cm³/mol. The first-order valence-corrected chi connectivity index (χ1v) is 7.69. The zero-order valence-electron chi connectivity index (χ0n) is 14.5. The van der Waals surface area contributed by atoms with Crippen LogP contribution in [-0.4, -0.2) is 5.71 Å². The molecule has 0 fully saturated rings. The van der Waals surface area contributed by atoms with Gasteiger partial charge in [0.2, 0.25) is 0 Å². The van der Waals surface area contributed by atoms with Crippen molar-refractivity contribution in [2.24, 2.45) is 0 Å². The number of allylic oxidation sites excluding steroid dienone is 4. The van der Waals surface area contributed by atoms with Gasteiger partial charge in [0.1, 0.15) is 11.8 Å². The molecule has 0 aliphatic rings. The fraction of sp³-hybridized carbons (Fsp3) is 0.400. The van der Waals surface area contributed by atoms with Crippen LogP contribution in [0.2, 0.25) is 0 Å². The lowest BCUT2D eigenvalue weighted by atomic mass is 9.88. The van der Waals surface area contributed by atoms with Crippen molar-refractivity contribution < 1.29 is 0 Å². The third kappa shape index (κ3) is 4.70. The van der Waals surface area contributed by atoms with Gasteiger partial charge in [0.25, 0.3) is 0 Å². The summed E-state index contributed by atoms with van der Waals surface area (Å²) in [6.45, 7) is 12.8. The smallest absolute Gasteiger partial charge is 0.132 e. The highest BCUT2D eigenvalue weighted by atomic mass is 14.4. The molecule has 0 saturated heterocycles. The van der Waals surface area contributed by atoms with E-state index in [0.717, 1.165) is 12.0 Å². The second kappa shape index (κ2) is 7.75. The molecule has 0 aliphatic carbocycles. The van der Waals surface area contributed by atoms with Crippen molar-refractivity contribution in [3.63, 3.8) is 0 Å². The van der Waals surface area contributed by atoms with Crippen molar-refractivity contribution in [3.05, 3.63) is 52.1 Å². The van der Waals surface area contributed by atoms with E-state index in [1.165, 1.54) is 27.8 Å². The topological polar surface area (TPSA) is 47.6 Å². The first-order valence-electron chi connectivity index (χ1n) is 7.69. The van der Waals surface area contributed by atoms with Gasteiger partial charge >= 0.3 is 0 Å². The monoisotopic (exact) mass is 294 g/mol. The molecule has 22 heavy (non-hydrogen) atoms. The van der Waals surface area contributed by atoms with Gasteiger partial charge in [-0.15, -0.1) is 0 Å². The maximum atomic E-state index is 8.70. The minimum atomic E-state index is 0.0150. The van der Waals surface area contributed by atoms with Crippen LogP contribution in [0.5, 0.6) is 0 Å². The molecule has 1 N–H and O–H groups in total. The number of hydrogen-bond donors (Lipinski definition) is 1. The highest BCUT2D eigenvalue weighted by Crippen LogP contribution is 2.30. The third-order valence-electron chi connectivity index (χ3n) is 3.93. The average molecular weight is 294 g/mol. The van der Waals surface area contributed by atoms with Crippen LogP contribution in [0.4, 0.5) is 0 Å². The van der Waals surface area contributed by atoms with Crippen molar-refractivity contribution in [2.75, 3.05) is 0 Å². The zero-order valence-corrected chi connectivity index (χ0v) is 14.5. The molecule has 0 bridgehead atoms. The summed E-state index contributed by atoms with van der Waals surface area (Å²) in [5.41, 5.74) is 7.61. The molecule has 0 atom stereocenters. The largest absolute Gasteiger partial charge is 0.290 e. The van der Waals surface area contributed by atoms with E-state index in [-0.39, 0.29) is 5.71 Å². The van der Waals surface area contributed by atoms with E-state index >= 15 is 0 Å². The molecule has 0 aliphatic heterocycles. The second-order valence-electron chi connectivity index (χ2n) is 6.34. The normalized spacial score (nSPS) is 12.9. The Hall–Kier alpha value is -2.14. The number of aryl methyl sites for hydroxylation is 1. The first-order chi connectivity index (χ1) is 10.3. The Morgan fingerprint density at radius 1 is 1.27 bits per heavy atom. The molecule has 1 aromatic carbocycles. The van der Waals surface area contributed by atoms with Gasteiger partial charge in [-0.25, -0.2) is 0 Å². The summed E-state index contributed by atoms with van der Waals surface area (Å²) < 4.78 is 0. The number of nitriles is 1. The molecular weight excluding hydrogens is 268 g/mol. The highest BCUT2D eigenvalue weighted by molar-refractivity contribution is 6.05. The van der Waals surface area contributed by atoms with Crippen molar-refractivity contribution in [1.82, 2.24) is 0 Å². The maximum absolute atomic E-state index is 8.70. The molecule has 2 nitrogen and oxygen atoms in total. The summed E-state index contributed by atoms with van der Waals surface area (Å²) in [6, 6.07) is 8.49. The molecule has 1 aromatic rings.